The molecule has 1 aromatic rings. The molecule has 3 nitrogen and oxygen atoms in total. The summed E-state index contributed by atoms with van der Waals surface area (Å²) < 4.78 is 43.0. The van der Waals surface area contributed by atoms with Crippen LogP contribution in [0.5, 0.6) is 5.88 Å². The average Bonchev–Trinajstić information content (AvgIpc) is 2.65. The van der Waals surface area contributed by atoms with Crippen molar-refractivity contribution in [1.29, 1.82) is 0 Å². The van der Waals surface area contributed by atoms with E-state index in [9.17, 15) is 13.2 Å². The van der Waals surface area contributed by atoms with Gasteiger partial charge in [-0.05, 0) is 25.0 Å². The van der Waals surface area contributed by atoms with E-state index in [0.717, 1.165) is 44.8 Å². The number of hydrogen-bond acceptors (Lipinski definition) is 3. The third-order valence-electron chi connectivity index (χ3n) is 3.27. The summed E-state index contributed by atoms with van der Waals surface area (Å²) in [6.07, 6.45) is -0.0196. The predicted molar refractivity (Wildman–Crippen MR) is 66.5 cm³/mol. The Bertz CT molecular complexity index is 426. The van der Waals surface area contributed by atoms with E-state index in [4.69, 9.17) is 4.74 Å². The Kier molecular flexibility index (Phi) is 4.17. The Morgan fingerprint density at radius 3 is 2.26 bits per heavy atom. The van der Waals surface area contributed by atoms with Gasteiger partial charge in [-0.25, -0.2) is 0 Å². The minimum atomic E-state index is -4.43. The lowest BCUT2D eigenvalue weighted by atomic mass is 10.2. The second-order valence-corrected chi connectivity index (χ2v) is 4.63. The number of methoxy groups -OCH3 is 1. The van der Waals surface area contributed by atoms with E-state index in [2.05, 4.69) is 4.98 Å². The Balaban J connectivity index is 2.27. The third-order valence-corrected chi connectivity index (χ3v) is 3.27. The van der Waals surface area contributed by atoms with Gasteiger partial charge in [-0.2, -0.15) is 18.2 Å². The minimum Gasteiger partial charge on any atom is -0.481 e. The van der Waals surface area contributed by atoms with Gasteiger partial charge in [-0.3, -0.25) is 0 Å². The normalized spacial score (nSPS) is 17.2. The van der Waals surface area contributed by atoms with Crippen LogP contribution < -0.4 is 9.64 Å². The van der Waals surface area contributed by atoms with Crippen molar-refractivity contribution in [2.45, 2.75) is 31.9 Å². The molecule has 2 rings (SSSR count). The van der Waals surface area contributed by atoms with Gasteiger partial charge < -0.3 is 9.64 Å². The highest BCUT2D eigenvalue weighted by Crippen LogP contribution is 2.36. The Morgan fingerprint density at radius 2 is 1.74 bits per heavy atom. The fraction of sp³-hybridized carbons (Fsp3) is 0.615. The van der Waals surface area contributed by atoms with Crippen LogP contribution in [-0.4, -0.2) is 25.2 Å². The molecule has 106 valence electrons. The first-order valence-electron chi connectivity index (χ1n) is 6.39. The monoisotopic (exact) mass is 274 g/mol. The summed E-state index contributed by atoms with van der Waals surface area (Å²) in [6, 6.07) is 2.47. The first kappa shape index (κ1) is 14.0. The molecule has 0 aromatic carbocycles. The summed E-state index contributed by atoms with van der Waals surface area (Å²) in [7, 11) is 1.21. The zero-order valence-corrected chi connectivity index (χ0v) is 10.8. The maximum absolute atomic E-state index is 12.7. The number of nitrogens with zero attached hydrogens (tertiary/aromatic N) is 2. The number of aromatic nitrogens is 1. The largest absolute Gasteiger partial charge is 0.481 e. The second-order valence-electron chi connectivity index (χ2n) is 4.63. The van der Waals surface area contributed by atoms with Crippen molar-refractivity contribution in [3.05, 3.63) is 17.7 Å². The van der Waals surface area contributed by atoms with E-state index in [1.807, 2.05) is 4.90 Å². The highest BCUT2D eigenvalue weighted by Gasteiger charge is 2.35. The number of rotatable bonds is 2. The van der Waals surface area contributed by atoms with Crippen LogP contribution in [0.3, 0.4) is 0 Å². The van der Waals surface area contributed by atoms with Crippen molar-refractivity contribution in [2.24, 2.45) is 0 Å². The molecule has 0 unspecified atom stereocenters. The molecule has 1 aliphatic rings. The standard InChI is InChI=1S/C13H17F3N2O/c1-19-12-10(13(14,15)16)6-7-11(17-12)18-8-4-2-3-5-9-18/h6-7H,2-5,8-9H2,1H3. The zero-order valence-electron chi connectivity index (χ0n) is 10.8. The van der Waals surface area contributed by atoms with Crippen LogP contribution >= 0.6 is 0 Å². The summed E-state index contributed by atoms with van der Waals surface area (Å²) >= 11 is 0. The first-order valence-corrected chi connectivity index (χ1v) is 6.39. The molecule has 1 aliphatic heterocycles. The van der Waals surface area contributed by atoms with Gasteiger partial charge in [0.1, 0.15) is 11.4 Å². The number of pyridine rings is 1. The lowest BCUT2D eigenvalue weighted by molar-refractivity contribution is -0.139. The molecular weight excluding hydrogens is 257 g/mol. The summed E-state index contributed by atoms with van der Waals surface area (Å²) in [5.74, 6) is 0.209. The van der Waals surface area contributed by atoms with Crippen LogP contribution in [0.15, 0.2) is 12.1 Å². The predicted octanol–water partition coefficient (Wildman–Crippen LogP) is 3.49. The Hall–Kier alpha value is -1.46. The maximum Gasteiger partial charge on any atom is 0.421 e. The molecule has 0 spiro atoms. The number of alkyl halides is 3. The minimum absolute atomic E-state index is 0.353. The van der Waals surface area contributed by atoms with E-state index in [1.165, 1.54) is 13.2 Å². The number of ether oxygens (including phenoxy) is 1. The molecule has 0 aliphatic carbocycles. The van der Waals surface area contributed by atoms with Gasteiger partial charge in [0.2, 0.25) is 5.88 Å². The lowest BCUT2D eigenvalue weighted by Crippen LogP contribution is -2.25. The van der Waals surface area contributed by atoms with Crippen LogP contribution in [0.25, 0.3) is 0 Å². The third kappa shape index (κ3) is 3.30. The molecule has 0 atom stereocenters. The van der Waals surface area contributed by atoms with Crippen LogP contribution in [0.4, 0.5) is 19.0 Å². The topological polar surface area (TPSA) is 25.4 Å². The van der Waals surface area contributed by atoms with Gasteiger partial charge in [0.25, 0.3) is 0 Å². The lowest BCUT2D eigenvalue weighted by Gasteiger charge is -2.22. The molecule has 0 amide bonds. The fourth-order valence-electron chi connectivity index (χ4n) is 2.28. The van der Waals surface area contributed by atoms with Crippen molar-refractivity contribution in [2.75, 3.05) is 25.1 Å². The Morgan fingerprint density at radius 1 is 1.11 bits per heavy atom. The van der Waals surface area contributed by atoms with Crippen LogP contribution in [0.2, 0.25) is 0 Å². The molecule has 6 heteroatoms. The molecule has 1 aromatic heterocycles. The van der Waals surface area contributed by atoms with E-state index >= 15 is 0 Å². The highest BCUT2D eigenvalue weighted by atomic mass is 19.4. The number of anilines is 1. The van der Waals surface area contributed by atoms with Gasteiger partial charge in [0.15, 0.2) is 0 Å². The average molecular weight is 274 g/mol. The van der Waals surface area contributed by atoms with Gasteiger partial charge in [-0.15, -0.1) is 0 Å². The highest BCUT2D eigenvalue weighted by molar-refractivity contribution is 5.45. The Labute approximate surface area is 110 Å². The maximum atomic E-state index is 12.7. The summed E-state index contributed by atoms with van der Waals surface area (Å²) in [5, 5.41) is 0. The van der Waals surface area contributed by atoms with Crippen molar-refractivity contribution < 1.29 is 17.9 Å². The van der Waals surface area contributed by atoms with E-state index < -0.39 is 11.7 Å². The number of halogens is 3. The van der Waals surface area contributed by atoms with Crippen molar-refractivity contribution in [3.63, 3.8) is 0 Å². The van der Waals surface area contributed by atoms with Gasteiger partial charge in [-0.1, -0.05) is 12.8 Å². The van der Waals surface area contributed by atoms with Crippen LogP contribution in [-0.2, 0) is 6.18 Å². The van der Waals surface area contributed by atoms with E-state index in [-0.39, 0.29) is 5.88 Å². The van der Waals surface area contributed by atoms with Gasteiger partial charge in [0, 0.05) is 13.1 Å². The molecule has 0 bridgehead atoms. The molecule has 2 heterocycles. The number of hydrogen-bond donors (Lipinski definition) is 0. The quantitative estimate of drug-likeness (QED) is 0.825. The molecule has 1 fully saturated rings. The molecular formula is C13H17F3N2O. The van der Waals surface area contributed by atoms with Crippen LogP contribution in [0, 0.1) is 0 Å². The molecule has 19 heavy (non-hydrogen) atoms. The van der Waals surface area contributed by atoms with Crippen molar-refractivity contribution >= 4 is 5.82 Å². The SMILES string of the molecule is COc1nc(N2CCCCCC2)ccc1C(F)(F)F. The summed E-state index contributed by atoms with van der Waals surface area (Å²) in [6.45, 7) is 1.67. The second kappa shape index (κ2) is 5.67. The molecule has 0 saturated carbocycles. The van der Waals surface area contributed by atoms with Crippen LogP contribution in [0.1, 0.15) is 31.2 Å². The first-order chi connectivity index (χ1) is 9.02. The molecule has 1 saturated heterocycles. The smallest absolute Gasteiger partial charge is 0.421 e. The molecule has 0 radical (unpaired) electrons. The summed E-state index contributed by atoms with van der Waals surface area (Å²) in [4.78, 5) is 6.03. The summed E-state index contributed by atoms with van der Waals surface area (Å²) in [5.41, 5.74) is -0.825. The van der Waals surface area contributed by atoms with E-state index in [1.54, 1.807) is 0 Å². The van der Waals surface area contributed by atoms with Gasteiger partial charge >= 0.3 is 6.18 Å². The van der Waals surface area contributed by atoms with E-state index in [0.29, 0.717) is 5.82 Å². The fourth-order valence-corrected chi connectivity index (χ4v) is 2.28. The van der Waals surface area contributed by atoms with Crippen molar-refractivity contribution in [3.8, 4) is 5.88 Å². The van der Waals surface area contributed by atoms with Gasteiger partial charge in [0.05, 0.1) is 7.11 Å². The molecule has 0 N–H and O–H groups in total. The van der Waals surface area contributed by atoms with Crippen molar-refractivity contribution in [1.82, 2.24) is 4.98 Å². The zero-order chi connectivity index (χ0) is 13.9.